The standard InChI is InChI=1S/C18H15P.2C8H12.Ni/c1-4-10-16(11-5-1)19(17-12-6-2-7-13-17)18-14-8-3-9-15-18;2*1-2-4-6-8-7-5-3-1;/h1-15H;2*1-4H,5-8H2;/p+1. The quantitative estimate of drug-likeness (QED) is 0.232. The van der Waals surface area contributed by atoms with Gasteiger partial charge in [0.05, 0.1) is 7.92 Å². The molecule has 0 fully saturated rings. The molecule has 0 unspecified atom stereocenters. The molecule has 0 atom stereocenters. The van der Waals surface area contributed by atoms with Crippen LogP contribution < -0.4 is 15.9 Å². The van der Waals surface area contributed by atoms with Gasteiger partial charge in [-0.1, -0.05) is 103 Å². The minimum absolute atomic E-state index is 0. The fourth-order valence-corrected chi connectivity index (χ4v) is 6.64. The summed E-state index contributed by atoms with van der Waals surface area (Å²) in [5.74, 6) is 0. The largest absolute Gasteiger partial charge is 0.102 e. The van der Waals surface area contributed by atoms with E-state index in [2.05, 4.69) is 140 Å². The van der Waals surface area contributed by atoms with E-state index >= 15 is 0 Å². The Bertz CT molecular complexity index is 886. The van der Waals surface area contributed by atoms with E-state index in [4.69, 9.17) is 0 Å². The van der Waals surface area contributed by atoms with Gasteiger partial charge in [-0.05, 0) is 87.8 Å². The van der Waals surface area contributed by atoms with E-state index in [9.17, 15) is 0 Å². The van der Waals surface area contributed by atoms with Crippen molar-refractivity contribution in [3.63, 3.8) is 0 Å². The van der Waals surface area contributed by atoms with Crippen LogP contribution in [0.3, 0.4) is 0 Å². The minimum atomic E-state index is -0.877. The first-order valence-corrected chi connectivity index (χ1v) is 14.6. The molecule has 0 N–H and O–H groups in total. The summed E-state index contributed by atoms with van der Waals surface area (Å²) in [4.78, 5) is 0. The number of hydrogen-bond acceptors (Lipinski definition) is 0. The molecule has 0 nitrogen and oxygen atoms in total. The molecule has 190 valence electrons. The van der Waals surface area contributed by atoms with E-state index < -0.39 is 7.92 Å². The first-order chi connectivity index (χ1) is 17.4. The van der Waals surface area contributed by atoms with Crippen LogP contribution in [0, 0.1) is 0 Å². The van der Waals surface area contributed by atoms with Gasteiger partial charge in [0, 0.05) is 16.5 Å². The second-order valence-corrected chi connectivity index (χ2v) is 11.2. The summed E-state index contributed by atoms with van der Waals surface area (Å²) < 4.78 is 0. The van der Waals surface area contributed by atoms with Gasteiger partial charge in [0.2, 0.25) is 0 Å². The summed E-state index contributed by atoms with van der Waals surface area (Å²) in [5, 5.41) is 4.31. The van der Waals surface area contributed by atoms with Crippen molar-refractivity contribution >= 4 is 23.8 Å². The predicted octanol–water partition coefficient (Wildman–Crippen LogP) is 8.52. The molecule has 0 saturated carbocycles. The third-order valence-corrected chi connectivity index (χ3v) is 8.67. The monoisotopic (exact) mass is 537 g/mol. The van der Waals surface area contributed by atoms with Gasteiger partial charge in [0.15, 0.2) is 0 Å². The molecule has 5 rings (SSSR count). The molecule has 3 aromatic rings. The Morgan fingerprint density at radius 3 is 0.861 bits per heavy atom. The van der Waals surface area contributed by atoms with Crippen molar-refractivity contribution in [2.24, 2.45) is 0 Å². The van der Waals surface area contributed by atoms with Gasteiger partial charge in [-0.25, -0.2) is 0 Å². The minimum Gasteiger partial charge on any atom is -0.0845 e. The van der Waals surface area contributed by atoms with E-state index in [0.717, 1.165) is 0 Å². The Hall–Kier alpha value is -2.46. The van der Waals surface area contributed by atoms with Gasteiger partial charge in [-0.2, -0.15) is 0 Å². The third-order valence-electron chi connectivity index (χ3n) is 5.94. The summed E-state index contributed by atoms with van der Waals surface area (Å²) >= 11 is 0. The summed E-state index contributed by atoms with van der Waals surface area (Å²) in [6.07, 6.45) is 28.0. The third kappa shape index (κ3) is 12.0. The zero-order valence-corrected chi connectivity index (χ0v) is 23.2. The van der Waals surface area contributed by atoms with Crippen molar-refractivity contribution in [2.75, 3.05) is 0 Å². The second-order valence-electron chi connectivity index (χ2n) is 8.75. The van der Waals surface area contributed by atoms with E-state index in [-0.39, 0.29) is 16.5 Å². The van der Waals surface area contributed by atoms with Gasteiger partial charge in [0.1, 0.15) is 15.9 Å². The average Bonchev–Trinajstić information content (AvgIpc) is 2.86. The molecule has 2 heteroatoms. The van der Waals surface area contributed by atoms with E-state index in [1.165, 1.54) is 67.3 Å². The molecule has 0 aromatic heterocycles. The zero-order valence-electron chi connectivity index (χ0n) is 21.3. The normalized spacial score (nSPS) is 14.5. The molecule has 0 spiro atoms. The first-order valence-electron chi connectivity index (χ1n) is 13.1. The molecular weight excluding hydrogens is 498 g/mol. The molecule has 36 heavy (non-hydrogen) atoms. The predicted molar refractivity (Wildman–Crippen MR) is 160 cm³/mol. The van der Waals surface area contributed by atoms with Gasteiger partial charge in [-0.15, -0.1) is 0 Å². The number of hydrogen-bond donors (Lipinski definition) is 0. The maximum absolute atomic E-state index is 2.24. The Balaban J connectivity index is 0.000000223. The Morgan fingerprint density at radius 1 is 0.361 bits per heavy atom. The maximum atomic E-state index is 2.24. The van der Waals surface area contributed by atoms with Crippen LogP contribution in [-0.4, -0.2) is 0 Å². The molecule has 0 radical (unpaired) electrons. The van der Waals surface area contributed by atoms with Gasteiger partial charge < -0.3 is 0 Å². The van der Waals surface area contributed by atoms with Gasteiger partial charge >= 0.3 is 0 Å². The van der Waals surface area contributed by atoms with Crippen LogP contribution in [0.4, 0.5) is 0 Å². The van der Waals surface area contributed by atoms with Crippen LogP contribution in [0.25, 0.3) is 0 Å². The van der Waals surface area contributed by atoms with Crippen LogP contribution in [-0.2, 0) is 16.5 Å². The molecule has 3 aromatic carbocycles. The number of benzene rings is 3. The Labute approximate surface area is 230 Å². The topological polar surface area (TPSA) is 0 Å². The second kappa shape index (κ2) is 19.7. The van der Waals surface area contributed by atoms with Crippen LogP contribution in [0.2, 0.25) is 0 Å². The molecule has 0 heterocycles. The summed E-state index contributed by atoms with van der Waals surface area (Å²) in [5.41, 5.74) is 0. The van der Waals surface area contributed by atoms with Crippen molar-refractivity contribution < 1.29 is 16.5 Å². The maximum Gasteiger partial charge on any atom is 0.102 e. The van der Waals surface area contributed by atoms with Crippen molar-refractivity contribution in [3.05, 3.63) is 140 Å². The van der Waals surface area contributed by atoms with Crippen LogP contribution in [0.5, 0.6) is 0 Å². The molecule has 0 amide bonds. The summed E-state index contributed by atoms with van der Waals surface area (Å²) in [6.45, 7) is 0. The zero-order chi connectivity index (χ0) is 24.2. The van der Waals surface area contributed by atoms with E-state index in [1.54, 1.807) is 0 Å². The smallest absolute Gasteiger partial charge is 0.0845 e. The number of rotatable bonds is 3. The van der Waals surface area contributed by atoms with Gasteiger partial charge in [0.25, 0.3) is 0 Å². The van der Waals surface area contributed by atoms with Crippen LogP contribution in [0.15, 0.2) is 140 Å². The summed E-state index contributed by atoms with van der Waals surface area (Å²) in [6, 6.07) is 32.5. The van der Waals surface area contributed by atoms with Crippen molar-refractivity contribution in [1.82, 2.24) is 0 Å². The molecule has 2 aliphatic carbocycles. The molecule has 0 bridgehead atoms. The molecule has 2 aliphatic rings. The van der Waals surface area contributed by atoms with E-state index in [0.29, 0.717) is 0 Å². The number of allylic oxidation sites excluding steroid dienone is 8. The summed E-state index contributed by atoms with van der Waals surface area (Å²) in [7, 11) is -0.877. The van der Waals surface area contributed by atoms with Crippen molar-refractivity contribution in [1.29, 1.82) is 0 Å². The van der Waals surface area contributed by atoms with E-state index in [1.807, 2.05) is 0 Å². The fraction of sp³-hybridized carbons (Fsp3) is 0.235. The van der Waals surface area contributed by atoms with Crippen molar-refractivity contribution in [2.45, 2.75) is 51.4 Å². The molecule has 0 saturated heterocycles. The molecular formula is C34H40NiP+. The Kier molecular flexibility index (Phi) is 16.3. The Morgan fingerprint density at radius 2 is 0.611 bits per heavy atom. The van der Waals surface area contributed by atoms with Crippen LogP contribution in [0.1, 0.15) is 51.4 Å². The van der Waals surface area contributed by atoms with Crippen molar-refractivity contribution in [3.8, 4) is 0 Å². The average molecular weight is 538 g/mol. The fourth-order valence-electron chi connectivity index (χ4n) is 4.06. The van der Waals surface area contributed by atoms with Gasteiger partial charge in [-0.3, -0.25) is 0 Å². The van der Waals surface area contributed by atoms with Crippen LogP contribution >= 0.6 is 7.92 Å². The SMILES string of the molecule is C1=CCCCCC=C1.C1=CCCCCC=C1.[Ni].c1ccc([PH+](c2ccccc2)c2ccccc2)cc1. The first kappa shape index (κ1) is 29.8. The molecule has 0 aliphatic heterocycles.